The van der Waals surface area contributed by atoms with Crippen LogP contribution < -0.4 is 0 Å². The van der Waals surface area contributed by atoms with Crippen molar-refractivity contribution in [2.45, 2.75) is 19.8 Å². The Morgan fingerprint density at radius 3 is 2.61 bits per heavy atom. The van der Waals surface area contributed by atoms with E-state index in [0.29, 0.717) is 6.42 Å². The van der Waals surface area contributed by atoms with Crippen molar-refractivity contribution in [3.8, 4) is 0 Å². The van der Waals surface area contributed by atoms with Crippen molar-refractivity contribution in [1.82, 2.24) is 4.31 Å². The van der Waals surface area contributed by atoms with Crippen LogP contribution in [0.2, 0.25) is 0 Å². The number of carboxylic acid groups (broad SMARTS) is 1. The molecule has 0 aromatic rings. The fourth-order valence-electron chi connectivity index (χ4n) is 1.76. The third kappa shape index (κ3) is 3.95. The molecule has 1 atom stereocenters. The van der Waals surface area contributed by atoms with Crippen molar-refractivity contribution in [3.05, 3.63) is 0 Å². The maximum absolute atomic E-state index is 11.8. The summed E-state index contributed by atoms with van der Waals surface area (Å²) in [7, 11) is -3.57. The number of sulfonamides is 1. The first kappa shape index (κ1) is 14.9. The summed E-state index contributed by atoms with van der Waals surface area (Å²) in [6.45, 7) is 2.04. The molecule has 0 saturated carbocycles. The van der Waals surface area contributed by atoms with Crippen molar-refractivity contribution in [2.75, 3.05) is 25.4 Å². The molecule has 1 N–H and O–H groups in total. The van der Waals surface area contributed by atoms with Crippen LogP contribution in [0.15, 0.2) is 0 Å². The molecule has 0 aromatic carbocycles. The van der Waals surface area contributed by atoms with E-state index in [1.165, 1.54) is 0 Å². The second-order valence-electron chi connectivity index (χ2n) is 4.05. The molecular weight excluding hydrogens is 262 g/mol. The Morgan fingerprint density at radius 1 is 1.44 bits per heavy atom. The summed E-state index contributed by atoms with van der Waals surface area (Å²) < 4.78 is 29.4. The van der Waals surface area contributed by atoms with Crippen molar-refractivity contribution < 1.29 is 27.9 Å². The molecule has 1 aliphatic heterocycles. The van der Waals surface area contributed by atoms with E-state index in [-0.39, 0.29) is 31.9 Å². The van der Waals surface area contributed by atoms with E-state index in [1.807, 2.05) is 0 Å². The summed E-state index contributed by atoms with van der Waals surface area (Å²) in [5.41, 5.74) is 0. The second kappa shape index (κ2) is 6.14. The molecule has 104 valence electrons. The van der Waals surface area contributed by atoms with Crippen LogP contribution >= 0.6 is 0 Å². The van der Waals surface area contributed by atoms with Gasteiger partial charge in [0.15, 0.2) is 0 Å². The number of carboxylic acids is 1. The quantitative estimate of drug-likeness (QED) is 0.668. The minimum Gasteiger partial charge on any atom is -0.481 e. The Kier molecular flexibility index (Phi) is 5.09. The Labute approximate surface area is 106 Å². The van der Waals surface area contributed by atoms with Gasteiger partial charge in [-0.2, -0.15) is 0 Å². The highest BCUT2D eigenvalue weighted by molar-refractivity contribution is 7.89. The minimum atomic E-state index is -3.57. The molecule has 1 rings (SSSR count). The van der Waals surface area contributed by atoms with Crippen molar-refractivity contribution in [1.29, 1.82) is 0 Å². The number of esters is 1. The zero-order valence-corrected chi connectivity index (χ0v) is 11.0. The minimum absolute atomic E-state index is 0.0134. The molecular formula is C10H17NO6S. The molecule has 0 amide bonds. The van der Waals surface area contributed by atoms with Gasteiger partial charge in [-0.25, -0.2) is 12.7 Å². The van der Waals surface area contributed by atoms with E-state index in [0.717, 1.165) is 4.31 Å². The van der Waals surface area contributed by atoms with Crippen LogP contribution in [0.1, 0.15) is 19.8 Å². The van der Waals surface area contributed by atoms with Crippen LogP contribution in [-0.4, -0.2) is 55.2 Å². The van der Waals surface area contributed by atoms with E-state index >= 15 is 0 Å². The van der Waals surface area contributed by atoms with Gasteiger partial charge in [0.2, 0.25) is 10.0 Å². The molecule has 1 aliphatic rings. The number of rotatable bonds is 6. The van der Waals surface area contributed by atoms with Crippen LogP contribution in [0.25, 0.3) is 0 Å². The molecule has 0 aliphatic carbocycles. The smallest absolute Gasteiger partial charge is 0.307 e. The second-order valence-corrected chi connectivity index (χ2v) is 6.14. The van der Waals surface area contributed by atoms with Crippen molar-refractivity contribution >= 4 is 22.0 Å². The highest BCUT2D eigenvalue weighted by atomic mass is 32.2. The molecule has 18 heavy (non-hydrogen) atoms. The Hall–Kier alpha value is -1.15. The third-order valence-corrected chi connectivity index (χ3v) is 4.60. The summed E-state index contributed by atoms with van der Waals surface area (Å²) in [4.78, 5) is 21.8. The number of ether oxygens (including phenoxy) is 1. The number of carbonyl (C=O) groups excluding carboxylic acids is 1. The molecule has 1 heterocycles. The van der Waals surface area contributed by atoms with Gasteiger partial charge in [-0.05, 0) is 13.3 Å². The van der Waals surface area contributed by atoms with Gasteiger partial charge in [-0.15, -0.1) is 0 Å². The number of hydrogen-bond acceptors (Lipinski definition) is 5. The van der Waals surface area contributed by atoms with Gasteiger partial charge >= 0.3 is 11.9 Å². The van der Waals surface area contributed by atoms with Gasteiger partial charge in [-0.1, -0.05) is 0 Å². The van der Waals surface area contributed by atoms with Crippen LogP contribution in [-0.2, 0) is 24.3 Å². The van der Waals surface area contributed by atoms with Crippen molar-refractivity contribution in [3.63, 3.8) is 0 Å². The van der Waals surface area contributed by atoms with Gasteiger partial charge < -0.3 is 9.84 Å². The summed E-state index contributed by atoms with van der Waals surface area (Å²) in [5.74, 6) is -2.53. The maximum Gasteiger partial charge on any atom is 0.307 e. The lowest BCUT2D eigenvalue weighted by atomic mass is 10.1. The van der Waals surface area contributed by atoms with E-state index < -0.39 is 27.9 Å². The van der Waals surface area contributed by atoms with Crippen LogP contribution in [0.3, 0.4) is 0 Å². The summed E-state index contributed by atoms with van der Waals surface area (Å²) in [6.07, 6.45) is 0.110. The fourth-order valence-corrected chi connectivity index (χ4v) is 3.23. The first-order valence-electron chi connectivity index (χ1n) is 5.73. The molecule has 7 nitrogen and oxygen atoms in total. The van der Waals surface area contributed by atoms with E-state index in [1.54, 1.807) is 6.92 Å². The maximum atomic E-state index is 11.8. The summed E-state index contributed by atoms with van der Waals surface area (Å²) in [6, 6.07) is 0. The van der Waals surface area contributed by atoms with E-state index in [2.05, 4.69) is 4.74 Å². The largest absolute Gasteiger partial charge is 0.481 e. The van der Waals surface area contributed by atoms with Crippen LogP contribution in [0.4, 0.5) is 0 Å². The van der Waals surface area contributed by atoms with Gasteiger partial charge in [0.25, 0.3) is 0 Å². The molecule has 0 radical (unpaired) electrons. The van der Waals surface area contributed by atoms with E-state index in [9.17, 15) is 18.0 Å². The monoisotopic (exact) mass is 279 g/mol. The van der Waals surface area contributed by atoms with Gasteiger partial charge in [-0.3, -0.25) is 9.59 Å². The normalized spacial score (nSPS) is 20.8. The Bertz CT molecular complexity index is 418. The standard InChI is InChI=1S/C10H17NO6S/c1-2-17-9(12)4-6-18(15,16)11-5-3-8(7-11)10(13)14/h8H,2-7H2,1H3,(H,13,14). The number of carbonyl (C=O) groups is 2. The average molecular weight is 279 g/mol. The third-order valence-electron chi connectivity index (χ3n) is 2.76. The molecule has 0 aromatic heterocycles. The van der Waals surface area contributed by atoms with Crippen LogP contribution in [0.5, 0.6) is 0 Å². The van der Waals surface area contributed by atoms with Crippen LogP contribution in [0, 0.1) is 5.92 Å². The fraction of sp³-hybridized carbons (Fsp3) is 0.800. The Morgan fingerprint density at radius 2 is 2.11 bits per heavy atom. The van der Waals surface area contributed by atoms with Gasteiger partial charge in [0, 0.05) is 13.1 Å². The average Bonchev–Trinajstić information content (AvgIpc) is 2.77. The van der Waals surface area contributed by atoms with Crippen molar-refractivity contribution in [2.24, 2.45) is 5.92 Å². The predicted molar refractivity (Wildman–Crippen MR) is 62.4 cm³/mol. The lowest BCUT2D eigenvalue weighted by Gasteiger charge is -2.15. The summed E-state index contributed by atoms with van der Waals surface area (Å²) >= 11 is 0. The number of hydrogen-bond donors (Lipinski definition) is 1. The summed E-state index contributed by atoms with van der Waals surface area (Å²) in [5, 5.41) is 8.79. The molecule has 1 fully saturated rings. The first-order chi connectivity index (χ1) is 8.36. The molecule has 1 unspecified atom stereocenters. The molecule has 1 saturated heterocycles. The predicted octanol–water partition coefficient (Wildman–Crippen LogP) is -0.324. The molecule has 8 heteroatoms. The zero-order chi connectivity index (χ0) is 13.8. The van der Waals surface area contributed by atoms with Gasteiger partial charge in [0.1, 0.15) is 0 Å². The SMILES string of the molecule is CCOC(=O)CCS(=O)(=O)N1CCC(C(=O)O)C1. The highest BCUT2D eigenvalue weighted by Gasteiger charge is 2.34. The van der Waals surface area contributed by atoms with Gasteiger partial charge in [0.05, 0.1) is 24.7 Å². The van der Waals surface area contributed by atoms with E-state index in [4.69, 9.17) is 5.11 Å². The number of aliphatic carboxylic acids is 1. The highest BCUT2D eigenvalue weighted by Crippen LogP contribution is 2.20. The topological polar surface area (TPSA) is 101 Å². The Balaban J connectivity index is 2.50. The lowest BCUT2D eigenvalue weighted by Crippen LogP contribution is -2.32. The first-order valence-corrected chi connectivity index (χ1v) is 7.34. The zero-order valence-electron chi connectivity index (χ0n) is 10.2. The lowest BCUT2D eigenvalue weighted by molar-refractivity contribution is -0.143. The molecule has 0 spiro atoms. The number of nitrogens with zero attached hydrogens (tertiary/aromatic N) is 1. The molecule has 0 bridgehead atoms.